The Morgan fingerprint density at radius 2 is 0.338 bits per heavy atom. The maximum absolute atomic E-state index is 7.11. The molecule has 0 bridgehead atoms. The minimum Gasteiger partial charge on any atom is -0.457 e. The molecule has 238 valence electrons. The molecule has 1 heterocycles. The van der Waals surface area contributed by atoms with E-state index in [2.05, 4.69) is 0 Å². The Balaban J connectivity index is 1.71. The van der Waals surface area contributed by atoms with Crippen molar-refractivity contribution in [3.8, 4) is 22.3 Å². The van der Waals surface area contributed by atoms with Crippen LogP contribution in [-0.2, 0) is 0 Å². The molecule has 0 spiro atoms. The molecule has 0 atom stereocenters. The molecule has 1 aromatic heterocycles. The molecule has 1 nitrogen and oxygen atoms in total. The average molecular weight is 756 g/mol. The van der Waals surface area contributed by atoms with Crippen LogP contribution in [0.5, 0.6) is 0 Å². The number of fused-ring (bicyclic) bond motifs is 8. The van der Waals surface area contributed by atoms with Crippen molar-refractivity contribution in [2.45, 2.75) is 0 Å². The molecular weight excluding hydrogens is 756 g/mol. The largest absolute Gasteiger partial charge is 0.457 e. The number of hydrogen-bond acceptors (Lipinski definition) is 1. The monoisotopic (exact) mass is 760 g/mol. The highest BCUT2D eigenvalue weighted by Gasteiger charge is 2.31. The van der Waals surface area contributed by atoms with E-state index in [1.807, 2.05) is 0 Å². The maximum Gasteiger partial charge on any atom is 0.128 e. The molecule has 48 radical (unpaired) electrons. The highest BCUT2D eigenvalue weighted by molar-refractivity contribution is 6.77. The molecule has 0 saturated carbocycles. The Kier molecular flexibility index (Phi) is 10.9. The van der Waals surface area contributed by atoms with E-state index in [-0.39, 0.29) is 218 Å². The summed E-state index contributed by atoms with van der Waals surface area (Å²) < 4.78 is 6.31. The molecule has 0 saturated heterocycles. The summed E-state index contributed by atoms with van der Waals surface area (Å²) in [7, 11) is 162. The third-order valence-corrected chi connectivity index (χ3v) is 12.8. The van der Waals surface area contributed by atoms with Gasteiger partial charge in [-0.25, -0.2) is 0 Å². The van der Waals surface area contributed by atoms with Crippen molar-refractivity contribution in [1.29, 1.82) is 0 Å². The lowest BCUT2D eigenvalue weighted by atomic mass is 9.56. The second-order valence-electron chi connectivity index (χ2n) is 15.9. The number of furan rings is 1. The summed E-state index contributed by atoms with van der Waals surface area (Å²) >= 11 is 0. The molecule has 0 amide bonds. The molecule has 0 fully saturated rings. The van der Waals surface area contributed by atoms with Gasteiger partial charge in [0.15, 0.2) is 0 Å². The minimum atomic E-state index is -0.178. The van der Waals surface area contributed by atoms with Crippen molar-refractivity contribution in [2.24, 2.45) is 0 Å². The van der Waals surface area contributed by atoms with Gasteiger partial charge in [0.05, 0.1) is 0 Å². The third-order valence-electron chi connectivity index (χ3n) is 12.8. The lowest BCUT2D eigenvalue weighted by Gasteiger charge is -2.32. The second-order valence-corrected chi connectivity index (χ2v) is 15.9. The summed E-state index contributed by atoms with van der Waals surface area (Å²) in [5, 5.41) is 0.728. The highest BCUT2D eigenvalue weighted by Crippen LogP contribution is 2.44. The Morgan fingerprint density at radius 3 is 0.723 bits per heavy atom. The van der Waals surface area contributed by atoms with Crippen LogP contribution in [0, 0.1) is 0 Å². The molecule has 0 aliphatic rings. The fourth-order valence-electron chi connectivity index (χ4n) is 9.33. The molecule has 0 aliphatic heterocycles. The summed E-state index contributed by atoms with van der Waals surface area (Å²) in [6.45, 7) is 0. The van der Waals surface area contributed by atoms with Crippen LogP contribution in [-0.4, -0.2) is 188 Å². The second kappa shape index (κ2) is 15.3. The molecule has 65 heavy (non-hydrogen) atoms. The summed E-state index contributed by atoms with van der Waals surface area (Å²) in [5.41, 5.74) is -2.96. The van der Waals surface area contributed by atoms with Crippen molar-refractivity contribution in [2.75, 3.05) is 0 Å². The van der Waals surface area contributed by atoms with Crippen LogP contribution < -0.4 is 131 Å². The SMILES string of the molecule is [B]c1c([B])c([B])c2c(oc3c([B])c([B])c([B])c(-c4c5c([B])c([B])c([B])c([B])c5c(-c5c([B])c([B])c([B])c6c5c([B])c([B])c5c([B])c([B])c([B])c([B])c56)c5c([B])c([B])c([B])c([B])c45)c32)c1[B]. The van der Waals surface area contributed by atoms with Gasteiger partial charge in [0.1, 0.15) is 199 Å². The summed E-state index contributed by atoms with van der Waals surface area (Å²) in [6.07, 6.45) is 0. The maximum atomic E-state index is 7.11. The zero-order chi connectivity index (χ0) is 47.8. The van der Waals surface area contributed by atoms with Gasteiger partial charge in [0.2, 0.25) is 0 Å². The van der Waals surface area contributed by atoms with Gasteiger partial charge in [0, 0.05) is 10.8 Å². The number of hydrogen-bond donors (Lipinski definition) is 0. The van der Waals surface area contributed by atoms with Gasteiger partial charge in [-0.05, 0) is 65.3 Å². The van der Waals surface area contributed by atoms with Crippen LogP contribution >= 0.6 is 0 Å². The zero-order valence-corrected chi connectivity index (χ0v) is 34.3. The molecule has 9 aromatic rings. The first-order valence-corrected chi connectivity index (χ1v) is 19.1. The Bertz CT molecular complexity index is 3740. The fourth-order valence-corrected chi connectivity index (χ4v) is 9.33. The first-order valence-electron chi connectivity index (χ1n) is 19.1. The van der Waals surface area contributed by atoms with E-state index >= 15 is 0 Å². The highest BCUT2D eigenvalue weighted by atomic mass is 16.3. The van der Waals surface area contributed by atoms with Crippen molar-refractivity contribution >= 4 is 384 Å². The minimum absolute atomic E-state index is 0.00206. The normalized spacial score (nSPS) is 11.9. The molecule has 0 N–H and O–H groups in total. The van der Waals surface area contributed by atoms with E-state index < -0.39 is 0 Å². The van der Waals surface area contributed by atoms with Gasteiger partial charge in [-0.3, -0.25) is 0 Å². The summed E-state index contributed by atoms with van der Waals surface area (Å²) in [5.74, 6) is 0. The molecule has 9 rings (SSSR count). The van der Waals surface area contributed by atoms with Gasteiger partial charge in [-0.1, -0.05) is 76.5 Å². The smallest absolute Gasteiger partial charge is 0.128 e. The van der Waals surface area contributed by atoms with Gasteiger partial charge in [0.25, 0.3) is 0 Å². The number of benzene rings is 8. The Morgan fingerprint density at radius 1 is 0.138 bits per heavy atom. The quantitative estimate of drug-likeness (QED) is 0.0973. The lowest BCUT2D eigenvalue weighted by molar-refractivity contribution is 0.675. The molecular formula is C40B24O. The topological polar surface area (TPSA) is 13.1 Å². The number of rotatable bonds is 2. The van der Waals surface area contributed by atoms with Crippen LogP contribution in [0.1, 0.15) is 0 Å². The first kappa shape index (κ1) is 46.3. The Labute approximate surface area is 408 Å². The summed E-state index contributed by atoms with van der Waals surface area (Å²) in [6, 6.07) is 0. The van der Waals surface area contributed by atoms with Crippen LogP contribution in [0.15, 0.2) is 4.42 Å². The van der Waals surface area contributed by atoms with Crippen LogP contribution in [0.3, 0.4) is 0 Å². The standard InChI is InChI=1S/C40B24O/c41-15-9-7(16(42)27(53)22(48)10(9)11-13(24(15)50)25(51)33(59)32(58)23(11)49)1-3-5(19(45)30(56)28(54)17(3)43)2(6-4(1)18(44)29(55)31(57)20(6)46)8-12-14-26(52)34(60)36(62)38(64)40(14)65-39(12)37(63)35(61)21(8)47. The van der Waals surface area contributed by atoms with E-state index in [1.165, 1.54) is 0 Å². The zero-order valence-electron chi connectivity index (χ0n) is 34.3. The molecule has 25 heteroatoms. The van der Waals surface area contributed by atoms with Crippen LogP contribution in [0.2, 0.25) is 0 Å². The average Bonchev–Trinajstić information content (AvgIpc) is 3.68. The van der Waals surface area contributed by atoms with E-state index in [1.54, 1.807) is 0 Å². The van der Waals surface area contributed by atoms with Gasteiger partial charge >= 0.3 is 0 Å². The van der Waals surface area contributed by atoms with Crippen molar-refractivity contribution in [3.63, 3.8) is 0 Å². The van der Waals surface area contributed by atoms with Crippen LogP contribution in [0.4, 0.5) is 0 Å². The lowest BCUT2D eigenvalue weighted by Crippen LogP contribution is -2.52. The molecule has 8 aromatic carbocycles. The molecule has 0 aliphatic carbocycles. The first-order chi connectivity index (χ1) is 30.3. The van der Waals surface area contributed by atoms with E-state index in [4.69, 9.17) is 193 Å². The van der Waals surface area contributed by atoms with Gasteiger partial charge < -0.3 is 4.42 Å². The van der Waals surface area contributed by atoms with E-state index in [9.17, 15) is 0 Å². The Hall–Kier alpha value is -3.84. The van der Waals surface area contributed by atoms with Crippen LogP contribution in [0.25, 0.3) is 87.3 Å². The molecule has 0 unspecified atom stereocenters. The van der Waals surface area contributed by atoms with Crippen molar-refractivity contribution in [1.82, 2.24) is 0 Å². The van der Waals surface area contributed by atoms with Crippen molar-refractivity contribution in [3.05, 3.63) is 0 Å². The predicted molar refractivity (Wildman–Crippen MR) is 304 cm³/mol. The third kappa shape index (κ3) is 5.75. The van der Waals surface area contributed by atoms with Gasteiger partial charge in [-0.15, -0.1) is 54.6 Å². The predicted octanol–water partition coefficient (Wildman–Crippen LogP) is -17.4. The van der Waals surface area contributed by atoms with Crippen molar-refractivity contribution < 1.29 is 4.42 Å². The van der Waals surface area contributed by atoms with E-state index in [0.717, 1.165) is 0 Å². The summed E-state index contributed by atoms with van der Waals surface area (Å²) in [4.78, 5) is 0. The van der Waals surface area contributed by atoms with Gasteiger partial charge in [-0.2, -0.15) is 0 Å². The fraction of sp³-hybridized carbons (Fsp3) is 0. The van der Waals surface area contributed by atoms with E-state index in [0.29, 0.717) is 0 Å².